The highest BCUT2D eigenvalue weighted by Gasteiger charge is 2.28. The zero-order chi connectivity index (χ0) is 17.1. The molecule has 0 N–H and O–H groups in total. The van der Waals surface area contributed by atoms with E-state index in [0.29, 0.717) is 30.6 Å². The molecule has 1 atom stereocenters. The molecule has 0 unspecified atom stereocenters. The van der Waals surface area contributed by atoms with E-state index in [-0.39, 0.29) is 17.6 Å². The average Bonchev–Trinajstić information content (AvgIpc) is 3.05. The maximum Gasteiger partial charge on any atom is 0.231 e. The van der Waals surface area contributed by atoms with Crippen LogP contribution in [-0.2, 0) is 4.79 Å². The van der Waals surface area contributed by atoms with Gasteiger partial charge in [-0.25, -0.2) is 4.39 Å². The first kappa shape index (κ1) is 16.6. The van der Waals surface area contributed by atoms with E-state index >= 15 is 0 Å². The molecule has 2 aromatic rings. The molecule has 1 aliphatic heterocycles. The van der Waals surface area contributed by atoms with Crippen molar-refractivity contribution in [3.63, 3.8) is 0 Å². The Hall–Kier alpha value is -2.24. The Morgan fingerprint density at radius 2 is 2.12 bits per heavy atom. The predicted octanol–water partition coefficient (Wildman–Crippen LogP) is 3.63. The fraction of sp³-hybridized carbons (Fsp3) is 0.500. The van der Waals surface area contributed by atoms with Gasteiger partial charge in [0.2, 0.25) is 17.6 Å². The van der Waals surface area contributed by atoms with Gasteiger partial charge >= 0.3 is 0 Å². The van der Waals surface area contributed by atoms with Gasteiger partial charge in [-0.15, -0.1) is 0 Å². The normalized spacial score (nSPS) is 18.2. The molecule has 5 nitrogen and oxygen atoms in total. The van der Waals surface area contributed by atoms with Gasteiger partial charge in [-0.3, -0.25) is 4.79 Å². The second kappa shape index (κ2) is 7.11. The first-order chi connectivity index (χ1) is 11.5. The van der Waals surface area contributed by atoms with Crippen molar-refractivity contribution in [2.24, 2.45) is 5.92 Å². The van der Waals surface area contributed by atoms with Gasteiger partial charge in [-0.05, 0) is 43.0 Å². The van der Waals surface area contributed by atoms with Crippen molar-refractivity contribution in [3.05, 3.63) is 36.0 Å². The Morgan fingerprint density at radius 1 is 1.38 bits per heavy atom. The standard InChI is InChI=1S/C18H22FN3O2/c1-12(2)10-16(23)22-9-3-4-14(11-22)18-20-17(21-24-18)13-5-7-15(19)8-6-13/h5-8,12,14H,3-4,9-11H2,1-2H3/t14-/m0/s1. The van der Waals surface area contributed by atoms with E-state index in [0.717, 1.165) is 24.9 Å². The summed E-state index contributed by atoms with van der Waals surface area (Å²) in [5.41, 5.74) is 0.718. The number of likely N-dealkylation sites (tertiary alicyclic amines) is 1. The number of halogens is 1. The summed E-state index contributed by atoms with van der Waals surface area (Å²) in [7, 11) is 0. The van der Waals surface area contributed by atoms with Crippen LogP contribution in [0, 0.1) is 11.7 Å². The largest absolute Gasteiger partial charge is 0.342 e. The van der Waals surface area contributed by atoms with E-state index in [1.54, 1.807) is 12.1 Å². The fourth-order valence-electron chi connectivity index (χ4n) is 3.00. The third-order valence-electron chi connectivity index (χ3n) is 4.25. The van der Waals surface area contributed by atoms with Crippen molar-refractivity contribution in [3.8, 4) is 11.4 Å². The molecule has 1 amide bonds. The number of hydrogen-bond acceptors (Lipinski definition) is 4. The van der Waals surface area contributed by atoms with Crippen LogP contribution >= 0.6 is 0 Å². The summed E-state index contributed by atoms with van der Waals surface area (Å²) in [5.74, 6) is 1.32. The molecule has 24 heavy (non-hydrogen) atoms. The van der Waals surface area contributed by atoms with Crippen molar-refractivity contribution in [2.45, 2.75) is 39.0 Å². The lowest BCUT2D eigenvalue weighted by Crippen LogP contribution is -2.39. The SMILES string of the molecule is CC(C)CC(=O)N1CCC[C@H](c2nc(-c3ccc(F)cc3)no2)C1. The summed E-state index contributed by atoms with van der Waals surface area (Å²) in [6.45, 7) is 5.51. The highest BCUT2D eigenvalue weighted by molar-refractivity contribution is 5.76. The molecule has 1 saturated heterocycles. The second-order valence-electron chi connectivity index (χ2n) is 6.74. The second-order valence-corrected chi connectivity index (χ2v) is 6.74. The fourth-order valence-corrected chi connectivity index (χ4v) is 3.00. The van der Waals surface area contributed by atoms with Crippen molar-refractivity contribution in [1.82, 2.24) is 15.0 Å². The minimum absolute atomic E-state index is 0.0663. The van der Waals surface area contributed by atoms with E-state index < -0.39 is 0 Å². The van der Waals surface area contributed by atoms with Gasteiger partial charge in [0.1, 0.15) is 5.82 Å². The summed E-state index contributed by atoms with van der Waals surface area (Å²) in [5, 5.41) is 4.00. The van der Waals surface area contributed by atoms with E-state index in [2.05, 4.69) is 10.1 Å². The number of amides is 1. The van der Waals surface area contributed by atoms with Gasteiger partial charge in [0.15, 0.2) is 0 Å². The van der Waals surface area contributed by atoms with Crippen LogP contribution in [0.4, 0.5) is 4.39 Å². The lowest BCUT2D eigenvalue weighted by atomic mass is 9.97. The molecule has 0 saturated carbocycles. The number of carbonyl (C=O) groups is 1. The van der Waals surface area contributed by atoms with Crippen LogP contribution in [0.2, 0.25) is 0 Å². The topological polar surface area (TPSA) is 59.2 Å². The molecule has 1 aromatic heterocycles. The molecule has 128 valence electrons. The van der Waals surface area contributed by atoms with Gasteiger partial charge in [-0.2, -0.15) is 4.98 Å². The van der Waals surface area contributed by atoms with Crippen LogP contribution in [0.1, 0.15) is 44.9 Å². The minimum Gasteiger partial charge on any atom is -0.342 e. The van der Waals surface area contributed by atoms with Crippen molar-refractivity contribution < 1.29 is 13.7 Å². The number of nitrogens with zero attached hydrogens (tertiary/aromatic N) is 3. The molecule has 1 aliphatic rings. The number of hydrogen-bond donors (Lipinski definition) is 0. The van der Waals surface area contributed by atoms with E-state index in [1.807, 2.05) is 18.7 Å². The quantitative estimate of drug-likeness (QED) is 0.858. The summed E-state index contributed by atoms with van der Waals surface area (Å²) in [4.78, 5) is 18.6. The molecule has 0 spiro atoms. The van der Waals surface area contributed by atoms with Gasteiger partial charge in [0.25, 0.3) is 0 Å². The molecule has 0 radical (unpaired) electrons. The first-order valence-electron chi connectivity index (χ1n) is 8.40. The van der Waals surface area contributed by atoms with Crippen LogP contribution < -0.4 is 0 Å². The van der Waals surface area contributed by atoms with Crippen LogP contribution in [0.15, 0.2) is 28.8 Å². The van der Waals surface area contributed by atoms with Crippen molar-refractivity contribution >= 4 is 5.91 Å². The number of piperidine rings is 1. The Morgan fingerprint density at radius 3 is 2.83 bits per heavy atom. The first-order valence-corrected chi connectivity index (χ1v) is 8.40. The Labute approximate surface area is 140 Å². The molecule has 0 aliphatic carbocycles. The molecule has 1 aromatic carbocycles. The zero-order valence-corrected chi connectivity index (χ0v) is 14.0. The third-order valence-corrected chi connectivity index (χ3v) is 4.25. The smallest absolute Gasteiger partial charge is 0.231 e. The zero-order valence-electron chi connectivity index (χ0n) is 14.0. The minimum atomic E-state index is -0.297. The Kier molecular flexibility index (Phi) is 4.92. The lowest BCUT2D eigenvalue weighted by molar-refractivity contribution is -0.133. The number of benzene rings is 1. The molecular formula is C18H22FN3O2. The molecule has 2 heterocycles. The maximum absolute atomic E-state index is 13.0. The summed E-state index contributed by atoms with van der Waals surface area (Å²) < 4.78 is 18.4. The number of aromatic nitrogens is 2. The highest BCUT2D eigenvalue weighted by atomic mass is 19.1. The van der Waals surface area contributed by atoms with Crippen LogP contribution in [0.25, 0.3) is 11.4 Å². The summed E-state index contributed by atoms with van der Waals surface area (Å²) in [6, 6.07) is 6.00. The molecule has 0 bridgehead atoms. The van der Waals surface area contributed by atoms with E-state index in [4.69, 9.17) is 4.52 Å². The van der Waals surface area contributed by atoms with Crippen molar-refractivity contribution in [2.75, 3.05) is 13.1 Å². The lowest BCUT2D eigenvalue weighted by Gasteiger charge is -2.31. The van der Waals surface area contributed by atoms with E-state index in [1.165, 1.54) is 12.1 Å². The van der Waals surface area contributed by atoms with Gasteiger partial charge in [0.05, 0.1) is 5.92 Å². The van der Waals surface area contributed by atoms with E-state index in [9.17, 15) is 9.18 Å². The van der Waals surface area contributed by atoms with Crippen LogP contribution in [-0.4, -0.2) is 34.0 Å². The van der Waals surface area contributed by atoms with Gasteiger partial charge in [-0.1, -0.05) is 19.0 Å². The van der Waals surface area contributed by atoms with Crippen LogP contribution in [0.3, 0.4) is 0 Å². The number of carbonyl (C=O) groups excluding carboxylic acids is 1. The van der Waals surface area contributed by atoms with Gasteiger partial charge in [0, 0.05) is 25.1 Å². The molecule has 3 rings (SSSR count). The summed E-state index contributed by atoms with van der Waals surface area (Å²) in [6.07, 6.45) is 2.43. The average molecular weight is 331 g/mol. The molecular weight excluding hydrogens is 309 g/mol. The monoisotopic (exact) mass is 331 g/mol. The van der Waals surface area contributed by atoms with Gasteiger partial charge < -0.3 is 9.42 Å². The molecule has 1 fully saturated rings. The number of rotatable bonds is 4. The maximum atomic E-state index is 13.0. The molecule has 6 heteroatoms. The van der Waals surface area contributed by atoms with Crippen LogP contribution in [0.5, 0.6) is 0 Å². The Bertz CT molecular complexity index is 697. The Balaban J connectivity index is 1.70. The highest BCUT2D eigenvalue weighted by Crippen LogP contribution is 2.28. The van der Waals surface area contributed by atoms with Crippen molar-refractivity contribution in [1.29, 1.82) is 0 Å². The summed E-state index contributed by atoms with van der Waals surface area (Å²) >= 11 is 0. The predicted molar refractivity (Wildman–Crippen MR) is 87.7 cm³/mol. The third kappa shape index (κ3) is 3.80.